The van der Waals surface area contributed by atoms with Gasteiger partial charge < -0.3 is 0 Å². The molecule has 22 heavy (non-hydrogen) atoms. The Morgan fingerprint density at radius 3 is 2.36 bits per heavy atom. The number of nitrogens with zero attached hydrogens (tertiary/aromatic N) is 1. The molecule has 2 aliphatic heterocycles. The van der Waals surface area contributed by atoms with Gasteiger partial charge in [-0.1, -0.05) is 19.9 Å². The minimum atomic E-state index is -0.869. The number of hydrogen-bond donors (Lipinski definition) is 1. The molecule has 0 spiro atoms. The van der Waals surface area contributed by atoms with E-state index in [-0.39, 0.29) is 24.7 Å². The summed E-state index contributed by atoms with van der Waals surface area (Å²) < 4.78 is 0. The van der Waals surface area contributed by atoms with E-state index in [0.717, 1.165) is 16.9 Å². The van der Waals surface area contributed by atoms with E-state index in [9.17, 15) is 19.2 Å². The summed E-state index contributed by atoms with van der Waals surface area (Å²) in [5, 5.41) is 2.18. The van der Waals surface area contributed by atoms with Crippen molar-refractivity contribution in [3.63, 3.8) is 0 Å². The third-order valence-electron chi connectivity index (χ3n) is 3.97. The molecular weight excluding hydrogens is 284 g/mol. The molecule has 1 fully saturated rings. The molecule has 0 aromatic heterocycles. The van der Waals surface area contributed by atoms with Crippen molar-refractivity contribution in [2.45, 2.75) is 52.5 Å². The molecule has 4 amide bonds. The molecule has 0 saturated carbocycles. The third-order valence-corrected chi connectivity index (χ3v) is 3.97. The second kappa shape index (κ2) is 6.25. The molecule has 2 heterocycles. The molecule has 3 rings (SSSR count). The first-order valence-corrected chi connectivity index (χ1v) is 7.62. The van der Waals surface area contributed by atoms with E-state index in [0.29, 0.717) is 17.6 Å². The number of carbonyl (C=O) groups excluding carboxylic acids is 4. The Kier molecular flexibility index (Phi) is 4.59. The van der Waals surface area contributed by atoms with Gasteiger partial charge in [0.15, 0.2) is 0 Å². The van der Waals surface area contributed by atoms with Crippen molar-refractivity contribution in [2.24, 2.45) is 0 Å². The summed E-state index contributed by atoms with van der Waals surface area (Å²) in [6.45, 7) is 5.80. The van der Waals surface area contributed by atoms with Crippen LogP contribution in [-0.4, -0.2) is 34.6 Å². The van der Waals surface area contributed by atoms with Crippen molar-refractivity contribution in [3.05, 3.63) is 22.8 Å². The number of piperidine rings is 1. The topological polar surface area (TPSA) is 83.6 Å². The molecule has 0 aromatic rings. The van der Waals surface area contributed by atoms with Gasteiger partial charge in [0.2, 0.25) is 11.8 Å². The zero-order chi connectivity index (χ0) is 16.4. The lowest BCUT2D eigenvalue weighted by Crippen LogP contribution is -2.54. The van der Waals surface area contributed by atoms with Crippen molar-refractivity contribution in [2.75, 3.05) is 0 Å². The van der Waals surface area contributed by atoms with Crippen LogP contribution in [0.25, 0.3) is 0 Å². The Labute approximate surface area is 129 Å². The van der Waals surface area contributed by atoms with Gasteiger partial charge in [-0.3, -0.25) is 29.4 Å². The minimum absolute atomic E-state index is 0.146. The van der Waals surface area contributed by atoms with Gasteiger partial charge in [0.25, 0.3) is 11.8 Å². The number of carbonyl (C=O) groups is 4. The number of imide groups is 2. The predicted octanol–water partition coefficient (Wildman–Crippen LogP) is 1.22. The highest BCUT2D eigenvalue weighted by molar-refractivity contribution is 6.23. The highest BCUT2D eigenvalue weighted by atomic mass is 16.2. The first kappa shape index (κ1) is 16.1. The summed E-state index contributed by atoms with van der Waals surface area (Å²) >= 11 is 0. The van der Waals surface area contributed by atoms with E-state index < -0.39 is 17.9 Å². The van der Waals surface area contributed by atoms with Crippen LogP contribution in [0, 0.1) is 0 Å². The number of hydrogen-bond acceptors (Lipinski definition) is 4. The van der Waals surface area contributed by atoms with Crippen molar-refractivity contribution < 1.29 is 19.2 Å². The summed E-state index contributed by atoms with van der Waals surface area (Å²) in [7, 11) is 0. The van der Waals surface area contributed by atoms with E-state index in [1.165, 1.54) is 0 Å². The van der Waals surface area contributed by atoms with Crippen molar-refractivity contribution in [3.8, 4) is 0 Å². The lowest BCUT2D eigenvalue weighted by atomic mass is 9.93. The first-order valence-electron chi connectivity index (χ1n) is 7.62. The number of amides is 4. The molecule has 1 unspecified atom stereocenters. The van der Waals surface area contributed by atoms with E-state index in [1.807, 2.05) is 19.9 Å². The Morgan fingerprint density at radius 2 is 1.77 bits per heavy atom. The SMILES string of the molecule is CC.CC1=CCCC2=C1C(=O)N(C1CCC(=O)NC1=O)C2=O. The molecule has 1 aliphatic carbocycles. The standard InChI is InChI=1S/C14H14N2O4.C2H6/c1-7-3-2-4-8-11(7)14(20)16(13(8)19)9-5-6-10(17)15-12(9)18;1-2/h3,9H,2,4-6H2,1H3,(H,15,17,18);1-2H3. The summed E-state index contributed by atoms with van der Waals surface area (Å²) in [6, 6.07) is -0.869. The van der Waals surface area contributed by atoms with Gasteiger partial charge in [0.1, 0.15) is 6.04 Å². The van der Waals surface area contributed by atoms with Gasteiger partial charge in [-0.15, -0.1) is 0 Å². The van der Waals surface area contributed by atoms with Crippen LogP contribution in [0.4, 0.5) is 0 Å². The van der Waals surface area contributed by atoms with Gasteiger partial charge in [-0.2, -0.15) is 0 Å². The smallest absolute Gasteiger partial charge is 0.262 e. The zero-order valence-corrected chi connectivity index (χ0v) is 13.1. The fourth-order valence-corrected chi connectivity index (χ4v) is 2.98. The fourth-order valence-electron chi connectivity index (χ4n) is 2.98. The molecule has 1 N–H and O–H groups in total. The quantitative estimate of drug-likeness (QED) is 0.738. The largest absolute Gasteiger partial charge is 0.295 e. The molecule has 1 saturated heterocycles. The van der Waals surface area contributed by atoms with Gasteiger partial charge >= 0.3 is 0 Å². The third kappa shape index (κ3) is 2.49. The molecular formula is C16H20N2O4. The lowest BCUT2D eigenvalue weighted by Gasteiger charge is -2.28. The Hall–Kier alpha value is -2.24. The van der Waals surface area contributed by atoms with Crippen molar-refractivity contribution in [1.82, 2.24) is 10.2 Å². The van der Waals surface area contributed by atoms with Crippen molar-refractivity contribution in [1.29, 1.82) is 0 Å². The highest BCUT2D eigenvalue weighted by Crippen LogP contribution is 2.35. The van der Waals surface area contributed by atoms with E-state index in [4.69, 9.17) is 0 Å². The number of rotatable bonds is 1. The van der Waals surface area contributed by atoms with Gasteiger partial charge in [0.05, 0.1) is 5.57 Å². The molecule has 0 aromatic carbocycles. The molecule has 1 atom stereocenters. The van der Waals surface area contributed by atoms with Crippen LogP contribution in [0.1, 0.15) is 46.5 Å². The summed E-state index contributed by atoms with van der Waals surface area (Å²) in [4.78, 5) is 48.8. The zero-order valence-electron chi connectivity index (χ0n) is 13.1. The number of nitrogens with one attached hydrogen (secondary N) is 1. The monoisotopic (exact) mass is 304 g/mol. The predicted molar refractivity (Wildman–Crippen MR) is 79.4 cm³/mol. The van der Waals surface area contributed by atoms with E-state index >= 15 is 0 Å². The molecule has 3 aliphatic rings. The Morgan fingerprint density at radius 1 is 1.09 bits per heavy atom. The van der Waals surface area contributed by atoms with Gasteiger partial charge in [-0.25, -0.2) is 0 Å². The van der Waals surface area contributed by atoms with Crippen LogP contribution in [0.3, 0.4) is 0 Å². The Balaban J connectivity index is 0.000000847. The molecule has 6 nitrogen and oxygen atoms in total. The van der Waals surface area contributed by atoms with Crippen LogP contribution >= 0.6 is 0 Å². The molecule has 0 bridgehead atoms. The second-order valence-corrected chi connectivity index (χ2v) is 5.23. The number of allylic oxidation sites excluding steroid dienone is 1. The van der Waals surface area contributed by atoms with Crippen LogP contribution in [0.15, 0.2) is 22.8 Å². The summed E-state index contributed by atoms with van der Waals surface area (Å²) in [6.07, 6.45) is 3.53. The highest BCUT2D eigenvalue weighted by Gasteiger charge is 2.46. The minimum Gasteiger partial charge on any atom is -0.295 e. The lowest BCUT2D eigenvalue weighted by molar-refractivity contribution is -0.150. The van der Waals surface area contributed by atoms with Crippen LogP contribution in [0.5, 0.6) is 0 Å². The summed E-state index contributed by atoms with van der Waals surface area (Å²) in [5.41, 5.74) is 1.73. The molecule has 6 heteroatoms. The van der Waals surface area contributed by atoms with Crippen LogP contribution in [0.2, 0.25) is 0 Å². The fraction of sp³-hybridized carbons (Fsp3) is 0.500. The average Bonchev–Trinajstić information content (AvgIpc) is 2.75. The van der Waals surface area contributed by atoms with E-state index in [2.05, 4.69) is 5.32 Å². The van der Waals surface area contributed by atoms with Crippen LogP contribution in [-0.2, 0) is 19.2 Å². The molecule has 118 valence electrons. The average molecular weight is 304 g/mol. The van der Waals surface area contributed by atoms with Gasteiger partial charge in [0, 0.05) is 12.0 Å². The first-order chi connectivity index (χ1) is 10.5. The van der Waals surface area contributed by atoms with E-state index in [1.54, 1.807) is 6.92 Å². The Bertz CT molecular complexity index is 616. The maximum atomic E-state index is 12.4. The normalized spacial score (nSPS) is 24.6. The summed E-state index contributed by atoms with van der Waals surface area (Å²) in [5.74, 6) is -1.72. The van der Waals surface area contributed by atoms with Gasteiger partial charge in [-0.05, 0) is 31.8 Å². The van der Waals surface area contributed by atoms with Crippen LogP contribution < -0.4 is 5.32 Å². The molecule has 0 radical (unpaired) electrons. The maximum Gasteiger partial charge on any atom is 0.262 e. The van der Waals surface area contributed by atoms with Crippen molar-refractivity contribution >= 4 is 23.6 Å². The second-order valence-electron chi connectivity index (χ2n) is 5.23. The maximum absolute atomic E-state index is 12.4.